The van der Waals surface area contributed by atoms with Crippen LogP contribution in [0.25, 0.3) is 20.8 Å². The number of hydrogen-bond donors (Lipinski definition) is 1. The van der Waals surface area contributed by atoms with Gasteiger partial charge >= 0.3 is 0 Å². The van der Waals surface area contributed by atoms with Crippen LogP contribution in [0, 0.1) is 0 Å². The molecule has 0 saturated carbocycles. The second-order valence-corrected chi connectivity index (χ2v) is 7.95. The summed E-state index contributed by atoms with van der Waals surface area (Å²) in [5.41, 5.74) is 3.24. The summed E-state index contributed by atoms with van der Waals surface area (Å²) in [7, 11) is 1.71. The molecule has 1 atom stereocenters. The molecule has 134 valence electrons. The van der Waals surface area contributed by atoms with Crippen LogP contribution in [0.4, 0.5) is 0 Å². The number of hydrogen-bond acceptors (Lipinski definition) is 4. The van der Waals surface area contributed by atoms with Gasteiger partial charge in [0.25, 0.3) is 0 Å². The van der Waals surface area contributed by atoms with Crippen LogP contribution in [0.5, 0.6) is 0 Å². The number of carbonyl (C=O) groups excluding carboxylic acids is 1. The zero-order chi connectivity index (χ0) is 18.1. The van der Waals surface area contributed by atoms with Crippen molar-refractivity contribution in [3.8, 4) is 10.6 Å². The van der Waals surface area contributed by atoms with Crippen LogP contribution >= 0.6 is 22.9 Å². The first kappa shape index (κ1) is 17.5. The molecule has 26 heavy (non-hydrogen) atoms. The summed E-state index contributed by atoms with van der Waals surface area (Å²) in [6.45, 7) is 1.76. The molecule has 4 rings (SSSR count). The first-order chi connectivity index (χ1) is 12.7. The van der Waals surface area contributed by atoms with Gasteiger partial charge in [-0.3, -0.25) is 9.69 Å². The van der Waals surface area contributed by atoms with Gasteiger partial charge in [0.05, 0.1) is 21.3 Å². The van der Waals surface area contributed by atoms with E-state index < -0.39 is 0 Å². The largest absolute Gasteiger partial charge is 0.358 e. The van der Waals surface area contributed by atoms with E-state index in [4.69, 9.17) is 16.6 Å². The van der Waals surface area contributed by atoms with Gasteiger partial charge in [-0.25, -0.2) is 4.98 Å². The molecule has 2 heterocycles. The third kappa shape index (κ3) is 3.34. The smallest absolute Gasteiger partial charge is 0.237 e. The van der Waals surface area contributed by atoms with Crippen molar-refractivity contribution in [1.29, 1.82) is 0 Å². The van der Waals surface area contributed by atoms with Crippen molar-refractivity contribution in [3.63, 3.8) is 0 Å². The van der Waals surface area contributed by atoms with Crippen molar-refractivity contribution in [2.24, 2.45) is 0 Å². The van der Waals surface area contributed by atoms with E-state index >= 15 is 0 Å². The number of halogens is 1. The van der Waals surface area contributed by atoms with Crippen molar-refractivity contribution in [2.45, 2.75) is 25.4 Å². The Hall–Kier alpha value is -1.95. The van der Waals surface area contributed by atoms with Crippen molar-refractivity contribution in [3.05, 3.63) is 53.1 Å². The number of fused-ring (bicyclic) bond motifs is 1. The summed E-state index contributed by atoms with van der Waals surface area (Å²) in [5.74, 6) is 0.116. The summed E-state index contributed by atoms with van der Waals surface area (Å²) >= 11 is 7.88. The minimum atomic E-state index is -0.00826. The third-order valence-corrected chi connectivity index (χ3v) is 6.45. The molecular formula is C20H20ClN3OS. The molecule has 1 fully saturated rings. The Labute approximate surface area is 161 Å². The normalized spacial score (nSPS) is 17.7. The highest BCUT2D eigenvalue weighted by molar-refractivity contribution is 7.22. The van der Waals surface area contributed by atoms with E-state index in [9.17, 15) is 4.79 Å². The lowest BCUT2D eigenvalue weighted by Crippen LogP contribution is -2.41. The number of carbonyl (C=O) groups is 1. The van der Waals surface area contributed by atoms with E-state index in [0.717, 1.165) is 51.7 Å². The second kappa shape index (κ2) is 7.35. The summed E-state index contributed by atoms with van der Waals surface area (Å²) in [5, 5.41) is 4.50. The molecule has 1 aliphatic rings. The maximum absolute atomic E-state index is 12.0. The highest BCUT2D eigenvalue weighted by Gasteiger charge is 2.29. The molecule has 1 amide bonds. The number of nitrogens with one attached hydrogen (secondary N) is 1. The topological polar surface area (TPSA) is 45.2 Å². The molecule has 1 aromatic heterocycles. The maximum atomic E-state index is 12.0. The van der Waals surface area contributed by atoms with Gasteiger partial charge in [0.1, 0.15) is 5.01 Å². The molecule has 0 unspecified atom stereocenters. The number of likely N-dealkylation sites (tertiary alicyclic amines) is 1. The maximum Gasteiger partial charge on any atom is 0.237 e. The molecule has 1 saturated heterocycles. The van der Waals surface area contributed by atoms with E-state index in [1.807, 2.05) is 18.2 Å². The highest BCUT2D eigenvalue weighted by Crippen LogP contribution is 2.34. The van der Waals surface area contributed by atoms with E-state index in [1.54, 1.807) is 18.4 Å². The Morgan fingerprint density at radius 2 is 2.12 bits per heavy atom. The average Bonchev–Trinajstić information content (AvgIpc) is 3.29. The van der Waals surface area contributed by atoms with Gasteiger partial charge in [-0.1, -0.05) is 41.9 Å². The van der Waals surface area contributed by atoms with Gasteiger partial charge < -0.3 is 5.32 Å². The third-order valence-electron chi connectivity index (χ3n) is 4.87. The van der Waals surface area contributed by atoms with E-state index in [-0.39, 0.29) is 11.9 Å². The molecular weight excluding hydrogens is 366 g/mol. The number of thiazole rings is 1. The average molecular weight is 386 g/mol. The molecule has 4 nitrogen and oxygen atoms in total. The van der Waals surface area contributed by atoms with E-state index in [0.29, 0.717) is 0 Å². The van der Waals surface area contributed by atoms with Crippen molar-refractivity contribution < 1.29 is 4.79 Å². The lowest BCUT2D eigenvalue weighted by atomic mass is 10.1. The van der Waals surface area contributed by atoms with Gasteiger partial charge in [-0.15, -0.1) is 11.3 Å². The fraction of sp³-hybridized carbons (Fsp3) is 0.300. The monoisotopic (exact) mass is 385 g/mol. The first-order valence-electron chi connectivity index (χ1n) is 8.76. The van der Waals surface area contributed by atoms with Crippen LogP contribution in [0.3, 0.4) is 0 Å². The van der Waals surface area contributed by atoms with E-state index in [1.165, 1.54) is 5.56 Å². The fourth-order valence-corrected chi connectivity index (χ4v) is 4.77. The molecule has 1 aliphatic heterocycles. The van der Waals surface area contributed by atoms with Gasteiger partial charge in [0.15, 0.2) is 0 Å². The number of likely N-dealkylation sites (N-methyl/N-ethyl adjacent to an activating group) is 1. The van der Waals surface area contributed by atoms with Gasteiger partial charge in [-0.2, -0.15) is 0 Å². The summed E-state index contributed by atoms with van der Waals surface area (Å²) in [4.78, 5) is 18.9. The Bertz CT molecular complexity index is 938. The quantitative estimate of drug-likeness (QED) is 0.727. The second-order valence-electron chi connectivity index (χ2n) is 6.55. The standard InChI is InChI=1S/C20H20ClN3OS/c1-22-19(25)17-6-3-11-24(17)12-13-7-9-14(10-8-13)20-23-16-5-2-4-15(21)18(16)26-20/h2,4-5,7-10,17H,3,6,11-12H2,1H3,(H,22,25)/t17-/m1/s1. The summed E-state index contributed by atoms with van der Waals surface area (Å²) < 4.78 is 1.03. The zero-order valence-corrected chi connectivity index (χ0v) is 16.1. The van der Waals surface area contributed by atoms with Crippen LogP contribution in [0.1, 0.15) is 18.4 Å². The predicted octanol–water partition coefficient (Wildman–Crippen LogP) is 4.33. The Balaban J connectivity index is 1.53. The number of nitrogens with zero attached hydrogens (tertiary/aromatic N) is 2. The van der Waals surface area contributed by atoms with Gasteiger partial charge in [-0.05, 0) is 37.1 Å². The molecule has 6 heteroatoms. The Kier molecular flexibility index (Phi) is 4.94. The van der Waals surface area contributed by atoms with Crippen LogP contribution in [0.15, 0.2) is 42.5 Å². The lowest BCUT2D eigenvalue weighted by molar-refractivity contribution is -0.125. The lowest BCUT2D eigenvalue weighted by Gasteiger charge is -2.23. The Morgan fingerprint density at radius 3 is 2.85 bits per heavy atom. The molecule has 3 aromatic rings. The minimum absolute atomic E-state index is 0.00826. The van der Waals surface area contributed by atoms with Crippen molar-refractivity contribution >= 4 is 39.1 Å². The van der Waals surface area contributed by atoms with E-state index in [2.05, 4.69) is 34.5 Å². The van der Waals surface area contributed by atoms with Crippen LogP contribution < -0.4 is 5.32 Å². The zero-order valence-electron chi connectivity index (χ0n) is 14.5. The van der Waals surface area contributed by atoms with Crippen LogP contribution in [-0.4, -0.2) is 35.4 Å². The number of aromatic nitrogens is 1. The summed E-state index contributed by atoms with van der Waals surface area (Å²) in [6, 6.07) is 14.3. The minimum Gasteiger partial charge on any atom is -0.358 e. The van der Waals surface area contributed by atoms with Crippen molar-refractivity contribution in [1.82, 2.24) is 15.2 Å². The molecule has 0 spiro atoms. The molecule has 0 radical (unpaired) electrons. The van der Waals surface area contributed by atoms with Crippen LogP contribution in [0.2, 0.25) is 5.02 Å². The van der Waals surface area contributed by atoms with Crippen molar-refractivity contribution in [2.75, 3.05) is 13.6 Å². The molecule has 1 N–H and O–H groups in total. The van der Waals surface area contributed by atoms with Crippen LogP contribution in [-0.2, 0) is 11.3 Å². The molecule has 0 bridgehead atoms. The predicted molar refractivity (Wildman–Crippen MR) is 108 cm³/mol. The number of amides is 1. The molecule has 2 aromatic carbocycles. The Morgan fingerprint density at radius 1 is 1.31 bits per heavy atom. The molecule has 0 aliphatic carbocycles. The SMILES string of the molecule is CNC(=O)[C@H]1CCCN1Cc1ccc(-c2nc3cccc(Cl)c3s2)cc1. The number of rotatable bonds is 4. The van der Waals surface area contributed by atoms with Gasteiger partial charge in [0, 0.05) is 19.2 Å². The number of benzene rings is 2. The summed E-state index contributed by atoms with van der Waals surface area (Å²) in [6.07, 6.45) is 2.01. The van der Waals surface area contributed by atoms with Gasteiger partial charge in [0.2, 0.25) is 5.91 Å². The fourth-order valence-electron chi connectivity index (χ4n) is 3.51. The first-order valence-corrected chi connectivity index (χ1v) is 9.95. The highest BCUT2D eigenvalue weighted by atomic mass is 35.5.